The number of rotatable bonds is 7. The van der Waals surface area contributed by atoms with Crippen LogP contribution in [0.4, 0.5) is 5.69 Å². The van der Waals surface area contributed by atoms with Gasteiger partial charge in [0.25, 0.3) is 0 Å². The number of benzene rings is 2. The number of amides is 1. The van der Waals surface area contributed by atoms with E-state index in [0.717, 1.165) is 4.88 Å². The van der Waals surface area contributed by atoms with E-state index in [1.54, 1.807) is 23.6 Å². The number of fused-ring (bicyclic) bond motifs is 1. The van der Waals surface area contributed by atoms with Crippen molar-refractivity contribution in [2.75, 3.05) is 33.8 Å². The Morgan fingerprint density at radius 2 is 1.61 bits per heavy atom. The fourth-order valence-corrected chi connectivity index (χ4v) is 6.83. The summed E-state index contributed by atoms with van der Waals surface area (Å²) in [5.41, 5.74) is 1.01. The van der Waals surface area contributed by atoms with Gasteiger partial charge in [0, 0.05) is 28.2 Å². The smallest absolute Gasteiger partial charge is 0.225 e. The first-order valence-corrected chi connectivity index (χ1v) is 12.3. The maximum atomic E-state index is 13.4. The molecule has 1 aliphatic heterocycles. The highest BCUT2D eigenvalue weighted by Gasteiger charge is 2.36. The summed E-state index contributed by atoms with van der Waals surface area (Å²) in [5, 5.41) is 4.33. The molecule has 33 heavy (non-hydrogen) atoms. The molecule has 8 nitrogen and oxygen atoms in total. The quantitative estimate of drug-likeness (QED) is 0.534. The molecule has 0 spiro atoms. The van der Waals surface area contributed by atoms with Crippen LogP contribution in [0.2, 0.25) is 0 Å². The van der Waals surface area contributed by atoms with Crippen molar-refractivity contribution < 1.29 is 32.2 Å². The highest BCUT2D eigenvalue weighted by Crippen LogP contribution is 2.51. The van der Waals surface area contributed by atoms with Gasteiger partial charge in [0.1, 0.15) is 10.6 Å². The van der Waals surface area contributed by atoms with Crippen LogP contribution in [-0.4, -0.2) is 42.8 Å². The van der Waals surface area contributed by atoms with E-state index in [1.807, 2.05) is 6.07 Å². The van der Waals surface area contributed by atoms with E-state index in [1.165, 1.54) is 51.9 Å². The second kappa shape index (κ2) is 8.95. The van der Waals surface area contributed by atoms with E-state index in [-0.39, 0.29) is 22.1 Å². The number of sulfone groups is 1. The number of thiophene rings is 1. The minimum Gasteiger partial charge on any atom is -0.497 e. The molecule has 0 bridgehead atoms. The van der Waals surface area contributed by atoms with Crippen molar-refractivity contribution in [3.8, 4) is 23.0 Å². The van der Waals surface area contributed by atoms with Crippen LogP contribution < -0.4 is 24.3 Å². The number of anilines is 1. The van der Waals surface area contributed by atoms with E-state index >= 15 is 0 Å². The number of hydrogen-bond acceptors (Lipinski definition) is 8. The summed E-state index contributed by atoms with van der Waals surface area (Å²) in [6.07, 6.45) is 0.140. The highest BCUT2D eigenvalue weighted by atomic mass is 32.2. The lowest BCUT2D eigenvalue weighted by molar-refractivity contribution is -0.116. The molecule has 1 amide bonds. The largest absolute Gasteiger partial charge is 0.497 e. The molecule has 0 fully saturated rings. The topological polar surface area (TPSA) is 100 Å². The van der Waals surface area contributed by atoms with Gasteiger partial charge in [0.15, 0.2) is 11.5 Å². The first kappa shape index (κ1) is 22.9. The Morgan fingerprint density at radius 1 is 0.909 bits per heavy atom. The van der Waals surface area contributed by atoms with Crippen LogP contribution in [0.3, 0.4) is 0 Å². The van der Waals surface area contributed by atoms with Gasteiger partial charge in [0.2, 0.25) is 21.5 Å². The van der Waals surface area contributed by atoms with Crippen molar-refractivity contribution in [2.45, 2.75) is 22.1 Å². The Hall–Kier alpha value is -3.24. The predicted octanol–water partition coefficient (Wildman–Crippen LogP) is 4.09. The van der Waals surface area contributed by atoms with E-state index in [2.05, 4.69) is 5.32 Å². The number of carbonyl (C=O) groups is 1. The van der Waals surface area contributed by atoms with Crippen molar-refractivity contribution in [3.63, 3.8) is 0 Å². The van der Waals surface area contributed by atoms with Crippen LogP contribution in [0.1, 0.15) is 22.8 Å². The molecule has 0 saturated carbocycles. The number of carbonyl (C=O) groups excluding carboxylic acids is 1. The molecule has 0 unspecified atom stereocenters. The Balaban J connectivity index is 1.84. The first-order chi connectivity index (χ1) is 15.8. The molecule has 1 atom stereocenters. The molecule has 1 aromatic heterocycles. The van der Waals surface area contributed by atoms with Crippen molar-refractivity contribution in [1.29, 1.82) is 0 Å². The summed E-state index contributed by atoms with van der Waals surface area (Å²) in [5.74, 6) is 1.20. The Bertz CT molecular complexity index is 1300. The monoisotopic (exact) mass is 489 g/mol. The molecular formula is C23H23NO7S2. The predicted molar refractivity (Wildman–Crippen MR) is 124 cm³/mol. The molecule has 0 radical (unpaired) electrons. The zero-order valence-electron chi connectivity index (χ0n) is 18.5. The van der Waals surface area contributed by atoms with Crippen LogP contribution in [0.15, 0.2) is 51.6 Å². The molecule has 1 N–H and O–H groups in total. The van der Waals surface area contributed by atoms with Crippen molar-refractivity contribution >= 4 is 32.8 Å². The average molecular weight is 490 g/mol. The van der Waals surface area contributed by atoms with Gasteiger partial charge in [-0.25, -0.2) is 8.42 Å². The van der Waals surface area contributed by atoms with Gasteiger partial charge in [0.05, 0.1) is 39.0 Å². The minimum absolute atomic E-state index is 0.0603. The van der Waals surface area contributed by atoms with Crippen molar-refractivity contribution in [1.82, 2.24) is 0 Å². The van der Waals surface area contributed by atoms with Gasteiger partial charge in [-0.3, -0.25) is 4.79 Å². The van der Waals surface area contributed by atoms with E-state index in [4.69, 9.17) is 18.9 Å². The molecule has 0 saturated heterocycles. The second-order valence-electron chi connectivity index (χ2n) is 7.25. The van der Waals surface area contributed by atoms with Crippen LogP contribution >= 0.6 is 11.3 Å². The van der Waals surface area contributed by atoms with Gasteiger partial charge in [-0.1, -0.05) is 6.07 Å². The molecule has 4 rings (SSSR count). The first-order valence-electron chi connectivity index (χ1n) is 9.94. The Labute approximate surface area is 196 Å². The molecular weight excluding hydrogens is 466 g/mol. The molecule has 1 aliphatic rings. The Kier molecular flexibility index (Phi) is 6.22. The van der Waals surface area contributed by atoms with Gasteiger partial charge in [-0.05, 0) is 30.3 Å². The van der Waals surface area contributed by atoms with Crippen LogP contribution in [-0.2, 0) is 14.6 Å². The molecule has 174 valence electrons. The van der Waals surface area contributed by atoms with Gasteiger partial charge >= 0.3 is 0 Å². The number of methoxy groups -OCH3 is 4. The normalized spacial score (nSPS) is 15.4. The second-order valence-corrected chi connectivity index (χ2v) is 10.1. The molecule has 2 aromatic carbocycles. The molecule has 10 heteroatoms. The zero-order chi connectivity index (χ0) is 23.8. The number of hydrogen-bond donors (Lipinski definition) is 1. The third kappa shape index (κ3) is 3.89. The maximum Gasteiger partial charge on any atom is 0.225 e. The van der Waals surface area contributed by atoms with E-state index in [9.17, 15) is 13.2 Å². The zero-order valence-corrected chi connectivity index (χ0v) is 20.1. The number of nitrogens with one attached hydrogen (secondary N) is 1. The van der Waals surface area contributed by atoms with E-state index in [0.29, 0.717) is 34.2 Å². The summed E-state index contributed by atoms with van der Waals surface area (Å²) in [6, 6.07) is 9.69. The minimum atomic E-state index is -3.87. The van der Waals surface area contributed by atoms with Crippen LogP contribution in [0.25, 0.3) is 0 Å². The molecule has 3 aromatic rings. The third-order valence-electron chi connectivity index (χ3n) is 5.53. The summed E-state index contributed by atoms with van der Waals surface area (Å²) in [4.78, 5) is 13.6. The Morgan fingerprint density at radius 3 is 2.21 bits per heavy atom. The van der Waals surface area contributed by atoms with Crippen molar-refractivity contribution in [2.24, 2.45) is 0 Å². The summed E-state index contributed by atoms with van der Waals surface area (Å²) >= 11 is 1.28. The fourth-order valence-electron chi connectivity index (χ4n) is 3.93. The lowest BCUT2D eigenvalue weighted by Gasteiger charge is -2.26. The summed E-state index contributed by atoms with van der Waals surface area (Å²) in [7, 11) is 2.19. The summed E-state index contributed by atoms with van der Waals surface area (Å²) < 4.78 is 48.3. The van der Waals surface area contributed by atoms with Crippen LogP contribution in [0, 0.1) is 0 Å². The van der Waals surface area contributed by atoms with Crippen molar-refractivity contribution in [3.05, 3.63) is 52.2 Å². The number of ether oxygens (including phenoxy) is 4. The average Bonchev–Trinajstić information content (AvgIpc) is 3.27. The lowest BCUT2D eigenvalue weighted by Crippen LogP contribution is -2.23. The maximum absolute atomic E-state index is 13.4. The van der Waals surface area contributed by atoms with Gasteiger partial charge < -0.3 is 24.3 Å². The highest BCUT2D eigenvalue weighted by molar-refractivity contribution is 7.91. The van der Waals surface area contributed by atoms with Gasteiger partial charge in [-0.2, -0.15) is 0 Å². The molecule has 0 aliphatic carbocycles. The fraction of sp³-hybridized carbons (Fsp3) is 0.261. The van der Waals surface area contributed by atoms with Crippen LogP contribution in [0.5, 0.6) is 23.0 Å². The third-order valence-corrected chi connectivity index (χ3v) is 8.56. The van der Waals surface area contributed by atoms with Gasteiger partial charge in [-0.15, -0.1) is 11.3 Å². The molecule has 2 heterocycles. The lowest BCUT2D eigenvalue weighted by atomic mass is 9.89. The van der Waals surface area contributed by atoms with E-state index < -0.39 is 15.8 Å². The summed E-state index contributed by atoms with van der Waals surface area (Å²) in [6.45, 7) is 0. The standard InChI is InChI=1S/C23H23NO7S2/c1-28-13-5-7-14(8-6-13)33(26,27)18-12-32-23-16(11-19(25)24-20(18)23)15-9-10-17(29-2)22(31-4)21(15)30-3/h5-10,12,16H,11H2,1-4H3,(H,24,25)/t16-/m1/s1. The SMILES string of the molecule is COc1ccc(S(=O)(=O)c2csc3c2NC(=O)C[C@@H]3c2ccc(OC)c(OC)c2OC)cc1.